The molecule has 1 rings (SSSR count). The van der Waals surface area contributed by atoms with Crippen molar-refractivity contribution in [1.82, 2.24) is 5.32 Å². The molecule has 0 heterocycles. The monoisotopic (exact) mass is 275 g/mol. The topological polar surface area (TPSA) is 46.2 Å². The Labute approximate surface area is 113 Å². The largest absolute Gasteiger partial charge is 0.312 e. The summed E-state index contributed by atoms with van der Waals surface area (Å²) in [5.74, 6) is 1.92. The van der Waals surface area contributed by atoms with Crippen LogP contribution in [0.3, 0.4) is 0 Å². The summed E-state index contributed by atoms with van der Waals surface area (Å²) in [5, 5.41) is 3.56. The first kappa shape index (κ1) is 16.0. The summed E-state index contributed by atoms with van der Waals surface area (Å²) in [6, 6.07) is 0. The molecular formula is C14H29NO2S. The average molecular weight is 275 g/mol. The Morgan fingerprint density at radius 2 is 1.78 bits per heavy atom. The van der Waals surface area contributed by atoms with Crippen molar-refractivity contribution in [3.63, 3.8) is 0 Å². The van der Waals surface area contributed by atoms with Crippen LogP contribution in [-0.4, -0.2) is 32.0 Å². The molecule has 0 aromatic rings. The van der Waals surface area contributed by atoms with Crippen molar-refractivity contribution < 1.29 is 8.42 Å². The van der Waals surface area contributed by atoms with E-state index in [9.17, 15) is 8.42 Å². The highest BCUT2D eigenvalue weighted by atomic mass is 32.2. The lowest BCUT2D eigenvalue weighted by atomic mass is 9.92. The minimum atomic E-state index is -2.79. The summed E-state index contributed by atoms with van der Waals surface area (Å²) in [7, 11) is -2.79. The third kappa shape index (κ3) is 5.70. The molecule has 0 saturated heterocycles. The first-order valence-electron chi connectivity index (χ1n) is 7.19. The lowest BCUT2D eigenvalue weighted by molar-refractivity contribution is 0.313. The molecule has 1 N–H and O–H groups in total. The molecule has 0 bridgehead atoms. The van der Waals surface area contributed by atoms with Crippen LogP contribution in [0.15, 0.2) is 0 Å². The van der Waals surface area contributed by atoms with Gasteiger partial charge in [-0.05, 0) is 52.0 Å². The van der Waals surface area contributed by atoms with Crippen LogP contribution in [0.4, 0.5) is 0 Å². The summed E-state index contributed by atoms with van der Waals surface area (Å²) < 4.78 is 23.1. The quantitative estimate of drug-likeness (QED) is 0.810. The van der Waals surface area contributed by atoms with Crippen LogP contribution in [0.5, 0.6) is 0 Å². The van der Waals surface area contributed by atoms with Gasteiger partial charge in [-0.1, -0.05) is 19.8 Å². The van der Waals surface area contributed by atoms with E-state index in [1.165, 1.54) is 19.3 Å². The van der Waals surface area contributed by atoms with Crippen LogP contribution in [0.1, 0.15) is 53.4 Å². The summed E-state index contributed by atoms with van der Waals surface area (Å²) in [6.45, 7) is 9.30. The fourth-order valence-corrected chi connectivity index (χ4v) is 3.63. The van der Waals surface area contributed by atoms with Crippen LogP contribution in [0.25, 0.3) is 0 Å². The van der Waals surface area contributed by atoms with Crippen LogP contribution in [0, 0.1) is 11.8 Å². The Morgan fingerprint density at radius 3 is 2.33 bits per heavy atom. The van der Waals surface area contributed by atoms with Gasteiger partial charge in [-0.25, -0.2) is 8.42 Å². The maximum absolute atomic E-state index is 11.6. The van der Waals surface area contributed by atoms with E-state index in [1.54, 1.807) is 6.92 Å². The van der Waals surface area contributed by atoms with Gasteiger partial charge in [0.05, 0.1) is 5.75 Å². The fraction of sp³-hybridized carbons (Fsp3) is 1.00. The lowest BCUT2D eigenvalue weighted by Gasteiger charge is -2.26. The fourth-order valence-electron chi connectivity index (χ4n) is 2.67. The highest BCUT2D eigenvalue weighted by Crippen LogP contribution is 2.34. The zero-order valence-electron chi connectivity index (χ0n) is 12.3. The second-order valence-corrected chi connectivity index (χ2v) is 9.08. The van der Waals surface area contributed by atoms with Crippen LogP contribution in [0.2, 0.25) is 0 Å². The van der Waals surface area contributed by atoms with E-state index >= 15 is 0 Å². The Morgan fingerprint density at radius 1 is 1.17 bits per heavy atom. The third-order valence-corrected chi connectivity index (χ3v) is 5.69. The molecule has 2 atom stereocenters. The molecule has 1 fully saturated rings. The standard InChI is InChI=1S/C14H29NO2S/c1-5-18(16,17)10-9-12-7-6-8-13(12)11-15-14(2,3)4/h12-13,15H,5-11H2,1-4H3. The van der Waals surface area contributed by atoms with Gasteiger partial charge in [0, 0.05) is 11.3 Å². The van der Waals surface area contributed by atoms with E-state index in [0.29, 0.717) is 17.6 Å². The predicted molar refractivity (Wildman–Crippen MR) is 77.5 cm³/mol. The molecule has 0 aromatic heterocycles. The smallest absolute Gasteiger partial charge is 0.150 e. The Kier molecular flexibility index (Phi) is 5.66. The van der Waals surface area contributed by atoms with Gasteiger partial charge in [0.25, 0.3) is 0 Å². The second-order valence-electron chi connectivity index (χ2n) is 6.61. The SMILES string of the molecule is CCS(=O)(=O)CCC1CCCC1CNC(C)(C)C. The third-order valence-electron chi connectivity index (χ3n) is 3.95. The van der Waals surface area contributed by atoms with Crippen molar-refractivity contribution in [1.29, 1.82) is 0 Å². The number of sulfone groups is 1. The van der Waals surface area contributed by atoms with Crippen LogP contribution >= 0.6 is 0 Å². The second kappa shape index (κ2) is 6.38. The molecule has 4 heteroatoms. The normalized spacial score (nSPS) is 25.6. The molecule has 108 valence electrons. The highest BCUT2D eigenvalue weighted by Gasteiger charge is 2.28. The zero-order valence-corrected chi connectivity index (χ0v) is 13.1. The van der Waals surface area contributed by atoms with E-state index in [1.807, 2.05) is 0 Å². The van der Waals surface area contributed by atoms with Crippen LogP contribution < -0.4 is 5.32 Å². The van der Waals surface area contributed by atoms with Crippen molar-refractivity contribution in [2.24, 2.45) is 11.8 Å². The molecule has 1 saturated carbocycles. The van der Waals surface area contributed by atoms with Crippen molar-refractivity contribution in [2.45, 2.75) is 58.9 Å². The molecular weight excluding hydrogens is 246 g/mol. The molecule has 18 heavy (non-hydrogen) atoms. The van der Waals surface area contributed by atoms with Gasteiger partial charge in [0.15, 0.2) is 0 Å². The van der Waals surface area contributed by atoms with Gasteiger partial charge in [-0.3, -0.25) is 0 Å². The van der Waals surface area contributed by atoms with Crippen molar-refractivity contribution in [2.75, 3.05) is 18.1 Å². The molecule has 3 nitrogen and oxygen atoms in total. The van der Waals surface area contributed by atoms with Gasteiger partial charge >= 0.3 is 0 Å². The van der Waals surface area contributed by atoms with Crippen molar-refractivity contribution in [3.05, 3.63) is 0 Å². The lowest BCUT2D eigenvalue weighted by Crippen LogP contribution is -2.40. The predicted octanol–water partition coefficient (Wildman–Crippen LogP) is 2.62. The Bertz CT molecular complexity index is 343. The average Bonchev–Trinajstić information content (AvgIpc) is 2.70. The number of rotatable bonds is 6. The van der Waals surface area contributed by atoms with Gasteiger partial charge in [-0.15, -0.1) is 0 Å². The minimum absolute atomic E-state index is 0.155. The van der Waals surface area contributed by atoms with Gasteiger partial charge in [0.1, 0.15) is 9.84 Å². The molecule has 0 amide bonds. The first-order valence-corrected chi connectivity index (χ1v) is 9.01. The maximum Gasteiger partial charge on any atom is 0.150 e. The Hall–Kier alpha value is -0.0900. The molecule has 1 aliphatic carbocycles. The molecule has 0 spiro atoms. The molecule has 0 aliphatic heterocycles. The van der Waals surface area contributed by atoms with Gasteiger partial charge in [-0.2, -0.15) is 0 Å². The highest BCUT2D eigenvalue weighted by molar-refractivity contribution is 7.91. The number of nitrogens with one attached hydrogen (secondary N) is 1. The van der Waals surface area contributed by atoms with Gasteiger partial charge in [0.2, 0.25) is 0 Å². The summed E-state index contributed by atoms with van der Waals surface area (Å²) >= 11 is 0. The Balaban J connectivity index is 2.40. The first-order chi connectivity index (χ1) is 8.23. The van der Waals surface area contributed by atoms with E-state index in [4.69, 9.17) is 0 Å². The van der Waals surface area contributed by atoms with E-state index < -0.39 is 9.84 Å². The summed E-state index contributed by atoms with van der Waals surface area (Å²) in [5.41, 5.74) is 0.155. The zero-order chi connectivity index (χ0) is 13.8. The van der Waals surface area contributed by atoms with E-state index in [2.05, 4.69) is 26.1 Å². The number of hydrogen-bond donors (Lipinski definition) is 1. The minimum Gasteiger partial charge on any atom is -0.312 e. The van der Waals surface area contributed by atoms with E-state index in [-0.39, 0.29) is 11.3 Å². The molecule has 1 aliphatic rings. The molecule has 0 aromatic carbocycles. The summed E-state index contributed by atoms with van der Waals surface area (Å²) in [4.78, 5) is 0. The molecule has 0 radical (unpaired) electrons. The number of hydrogen-bond acceptors (Lipinski definition) is 3. The molecule has 2 unspecified atom stereocenters. The van der Waals surface area contributed by atoms with E-state index in [0.717, 1.165) is 13.0 Å². The maximum atomic E-state index is 11.6. The van der Waals surface area contributed by atoms with Gasteiger partial charge < -0.3 is 5.32 Å². The van der Waals surface area contributed by atoms with Crippen molar-refractivity contribution >= 4 is 9.84 Å². The van der Waals surface area contributed by atoms with Crippen molar-refractivity contribution in [3.8, 4) is 0 Å². The van der Waals surface area contributed by atoms with Crippen LogP contribution in [-0.2, 0) is 9.84 Å². The summed E-state index contributed by atoms with van der Waals surface area (Å²) in [6.07, 6.45) is 4.57.